The lowest BCUT2D eigenvalue weighted by Gasteiger charge is -2.16. The van der Waals surface area contributed by atoms with Gasteiger partial charge in [0, 0.05) is 13.1 Å². The van der Waals surface area contributed by atoms with Crippen LogP contribution in [0.5, 0.6) is 0 Å². The summed E-state index contributed by atoms with van der Waals surface area (Å²) in [7, 11) is -4.80. The largest absolute Gasteiger partial charge is 0.471 e. The number of rotatable bonds is 12. The molecule has 1 saturated heterocycles. The minimum absolute atomic E-state index is 0.0637. The quantitative estimate of drug-likeness (QED) is 0.157. The van der Waals surface area contributed by atoms with E-state index in [4.69, 9.17) is 14.5 Å². The molecule has 14 nitrogen and oxygen atoms in total. The smallest absolute Gasteiger partial charge is 0.387 e. The van der Waals surface area contributed by atoms with Crippen molar-refractivity contribution in [2.24, 2.45) is 0 Å². The number of aliphatic hydroxyl groups excluding tert-OH is 2. The fraction of sp³-hybridized carbons (Fsp3) is 0.667. The number of ether oxygens (including phenoxy) is 1. The van der Waals surface area contributed by atoms with Crippen molar-refractivity contribution in [1.82, 2.24) is 24.8 Å². The third-order valence-corrected chi connectivity index (χ3v) is 5.80. The summed E-state index contributed by atoms with van der Waals surface area (Å²) in [6.45, 7) is -0.245. The molecule has 2 aromatic rings. The lowest BCUT2D eigenvalue weighted by atomic mass is 10.1. The highest BCUT2D eigenvalue weighted by Gasteiger charge is 2.45. The summed E-state index contributed by atoms with van der Waals surface area (Å²) < 4.78 is 58.5. The van der Waals surface area contributed by atoms with Crippen molar-refractivity contribution >= 4 is 30.7 Å². The Morgan fingerprint density at radius 2 is 1.81 bits per heavy atom. The average molecular weight is 542 g/mol. The maximum Gasteiger partial charge on any atom is 0.471 e. The van der Waals surface area contributed by atoms with Gasteiger partial charge in [-0.3, -0.25) is 13.9 Å². The molecule has 18 heteroatoms. The molecule has 6 N–H and O–H groups in total. The molecule has 0 radical (unpaired) electrons. The molecule has 0 aliphatic carbocycles. The summed E-state index contributed by atoms with van der Waals surface area (Å²) in [5.41, 5.74) is 0.605. The summed E-state index contributed by atoms with van der Waals surface area (Å²) in [5, 5.41) is 25.5. The monoisotopic (exact) mass is 542 g/mol. The van der Waals surface area contributed by atoms with Crippen LogP contribution in [0.4, 0.5) is 19.0 Å². The zero-order valence-corrected chi connectivity index (χ0v) is 19.6. The molecule has 1 amide bonds. The number of phosphoric acid groups is 1. The highest BCUT2D eigenvalue weighted by Crippen LogP contribution is 2.39. The highest BCUT2D eigenvalue weighted by molar-refractivity contribution is 7.46. The van der Waals surface area contributed by atoms with Gasteiger partial charge in [-0.05, 0) is 12.8 Å². The van der Waals surface area contributed by atoms with Crippen molar-refractivity contribution < 1.29 is 51.8 Å². The topological polar surface area (TPSA) is 201 Å². The van der Waals surface area contributed by atoms with Gasteiger partial charge in [0.15, 0.2) is 23.2 Å². The lowest BCUT2D eigenvalue weighted by molar-refractivity contribution is -0.173. The van der Waals surface area contributed by atoms with Crippen LogP contribution < -0.4 is 10.6 Å². The molecular formula is C18H26F3N6O8P. The number of aromatic nitrogens is 4. The van der Waals surface area contributed by atoms with Crippen molar-refractivity contribution in [3.63, 3.8) is 0 Å². The number of anilines is 1. The number of nitrogens with zero attached hydrogens (tertiary/aromatic N) is 4. The number of alkyl halides is 3. The Hall–Kier alpha value is -2.40. The van der Waals surface area contributed by atoms with Gasteiger partial charge in [0.25, 0.3) is 0 Å². The van der Waals surface area contributed by atoms with Gasteiger partial charge < -0.3 is 35.4 Å². The van der Waals surface area contributed by atoms with E-state index >= 15 is 0 Å². The number of carbonyl (C=O) groups excluding carboxylic acids is 1. The molecule has 202 valence electrons. The Kier molecular flexibility index (Phi) is 9.21. The molecule has 1 aliphatic heterocycles. The number of fused-ring (bicyclic) bond motifs is 1. The Bertz CT molecular complexity index is 1080. The first-order valence-electron chi connectivity index (χ1n) is 10.9. The minimum atomic E-state index is -4.89. The second kappa shape index (κ2) is 11.8. The maximum atomic E-state index is 12.1. The second-order valence-corrected chi connectivity index (χ2v) is 9.21. The van der Waals surface area contributed by atoms with E-state index in [1.807, 2.05) is 5.32 Å². The van der Waals surface area contributed by atoms with E-state index in [9.17, 15) is 32.7 Å². The van der Waals surface area contributed by atoms with Crippen LogP contribution in [0.3, 0.4) is 0 Å². The number of carbonyl (C=O) groups is 1. The van der Waals surface area contributed by atoms with E-state index in [1.165, 1.54) is 17.2 Å². The van der Waals surface area contributed by atoms with Gasteiger partial charge in [-0.15, -0.1) is 0 Å². The number of hydrogen-bond donors (Lipinski definition) is 6. The molecule has 36 heavy (non-hydrogen) atoms. The third-order valence-electron chi connectivity index (χ3n) is 5.32. The van der Waals surface area contributed by atoms with Crippen molar-refractivity contribution in [3.8, 4) is 0 Å². The first-order chi connectivity index (χ1) is 16.9. The number of amides is 1. The van der Waals surface area contributed by atoms with Crippen LogP contribution in [0.25, 0.3) is 11.2 Å². The van der Waals surface area contributed by atoms with E-state index in [1.54, 1.807) is 0 Å². The average Bonchev–Trinajstić information content (AvgIpc) is 3.34. The molecular weight excluding hydrogens is 516 g/mol. The summed E-state index contributed by atoms with van der Waals surface area (Å²) in [6.07, 6.45) is -5.27. The standard InChI is InChI=1S/C18H26F3N6O8P/c19-18(20,21)17(30)23-6-4-2-1-3-5-22-14-11-15(25-8-24-14)27(9-26-11)16-13(29)12(28)10(35-16)7-34-36(31,32)33/h8-10,12-13,16,28-29H,1-7H2,(H,23,30)(H,22,24,25)(H2,31,32,33)/t10-,12-,13-,16-/m1/s1. The van der Waals surface area contributed by atoms with E-state index in [2.05, 4.69) is 24.8 Å². The van der Waals surface area contributed by atoms with Gasteiger partial charge in [0.1, 0.15) is 24.6 Å². The summed E-state index contributed by atoms with van der Waals surface area (Å²) in [4.78, 5) is 40.9. The predicted molar refractivity (Wildman–Crippen MR) is 115 cm³/mol. The Labute approximate surface area is 202 Å². The first-order valence-corrected chi connectivity index (χ1v) is 12.4. The fourth-order valence-corrected chi connectivity index (χ4v) is 3.89. The van der Waals surface area contributed by atoms with E-state index in [0.717, 1.165) is 0 Å². The van der Waals surface area contributed by atoms with Crippen LogP contribution in [0.1, 0.15) is 31.9 Å². The molecule has 2 aromatic heterocycles. The molecule has 0 unspecified atom stereocenters. The Morgan fingerprint density at radius 1 is 1.11 bits per heavy atom. The van der Waals surface area contributed by atoms with Gasteiger partial charge in [-0.25, -0.2) is 19.5 Å². The normalized spacial score (nSPS) is 22.8. The second-order valence-electron chi connectivity index (χ2n) is 7.97. The number of nitrogens with one attached hydrogen (secondary N) is 2. The van der Waals surface area contributed by atoms with Crippen molar-refractivity contribution in [2.45, 2.75) is 56.4 Å². The zero-order valence-electron chi connectivity index (χ0n) is 18.7. The fourth-order valence-electron chi connectivity index (χ4n) is 3.55. The third kappa shape index (κ3) is 7.32. The summed E-state index contributed by atoms with van der Waals surface area (Å²) in [6, 6.07) is 0. The van der Waals surface area contributed by atoms with E-state index in [-0.39, 0.29) is 12.2 Å². The Morgan fingerprint density at radius 3 is 2.47 bits per heavy atom. The van der Waals surface area contributed by atoms with Crippen molar-refractivity contribution in [3.05, 3.63) is 12.7 Å². The van der Waals surface area contributed by atoms with Crippen LogP contribution >= 0.6 is 7.82 Å². The minimum Gasteiger partial charge on any atom is -0.387 e. The number of aliphatic hydroxyl groups is 2. The van der Waals surface area contributed by atoms with Gasteiger partial charge in [-0.1, -0.05) is 12.8 Å². The number of phosphoric ester groups is 1. The van der Waals surface area contributed by atoms with Crippen LogP contribution in [0, 0.1) is 0 Å². The van der Waals surface area contributed by atoms with E-state index < -0.39 is 51.1 Å². The molecule has 3 heterocycles. The van der Waals surface area contributed by atoms with Crippen LogP contribution in [0.2, 0.25) is 0 Å². The van der Waals surface area contributed by atoms with Gasteiger partial charge >= 0.3 is 19.9 Å². The molecule has 0 bridgehead atoms. The molecule has 3 rings (SSSR count). The first kappa shape index (κ1) is 28.2. The summed E-state index contributed by atoms with van der Waals surface area (Å²) >= 11 is 0. The number of imidazole rings is 1. The van der Waals surface area contributed by atoms with Crippen LogP contribution in [-0.4, -0.2) is 89.6 Å². The van der Waals surface area contributed by atoms with Gasteiger partial charge in [0.05, 0.1) is 12.9 Å². The van der Waals surface area contributed by atoms with Crippen molar-refractivity contribution in [2.75, 3.05) is 25.0 Å². The maximum absolute atomic E-state index is 12.1. The Balaban J connectivity index is 1.50. The predicted octanol–water partition coefficient (Wildman–Crippen LogP) is 0.206. The highest BCUT2D eigenvalue weighted by atomic mass is 31.2. The van der Waals surface area contributed by atoms with Gasteiger partial charge in [0.2, 0.25) is 0 Å². The zero-order chi connectivity index (χ0) is 26.5. The molecule has 0 spiro atoms. The summed E-state index contributed by atoms with van der Waals surface area (Å²) in [5.74, 6) is -1.57. The number of halogens is 3. The van der Waals surface area contributed by atoms with E-state index in [0.29, 0.717) is 43.6 Å². The molecule has 0 saturated carbocycles. The van der Waals surface area contributed by atoms with Crippen LogP contribution in [0.15, 0.2) is 12.7 Å². The molecule has 0 aromatic carbocycles. The van der Waals surface area contributed by atoms with Gasteiger partial charge in [-0.2, -0.15) is 13.2 Å². The molecule has 4 atom stereocenters. The van der Waals surface area contributed by atoms with Crippen molar-refractivity contribution in [1.29, 1.82) is 0 Å². The molecule has 1 aliphatic rings. The lowest BCUT2D eigenvalue weighted by Crippen LogP contribution is -2.37. The number of unbranched alkanes of at least 4 members (excludes halogenated alkanes) is 3. The number of hydrogen-bond acceptors (Lipinski definition) is 10. The van der Waals surface area contributed by atoms with Crippen LogP contribution in [-0.2, 0) is 18.6 Å². The molecule has 1 fully saturated rings. The SMILES string of the molecule is O=C(NCCCCCCNc1ncnc2c1ncn2[C@@H]1O[C@H](COP(=O)(O)O)[C@@H](O)[C@H]1O)C(F)(F)F.